The molecule has 0 aliphatic heterocycles. The largest absolute Gasteiger partial charge is 0.345 e. The summed E-state index contributed by atoms with van der Waals surface area (Å²) in [6.07, 6.45) is 4.72. The Morgan fingerprint density at radius 3 is 3.05 bits per heavy atom. The molecule has 0 atom stereocenters. The second-order valence-electron chi connectivity index (χ2n) is 4.42. The molecule has 0 aliphatic carbocycles. The Morgan fingerprint density at radius 1 is 1.45 bits per heavy atom. The number of aromatic nitrogens is 4. The summed E-state index contributed by atoms with van der Waals surface area (Å²) in [7, 11) is 0. The standard InChI is InChI=1S/C13H13N5OS/c1-7-8(2)20-11(18-7)5-16-13(19)10-4-15-12-9(10)3-14-6-17-12/h3-4,6H,5H2,1-2H3,(H,16,19)(H,14,15,17). The van der Waals surface area contributed by atoms with Gasteiger partial charge in [-0.05, 0) is 13.8 Å². The first-order chi connectivity index (χ1) is 9.65. The van der Waals surface area contributed by atoms with Gasteiger partial charge in [-0.2, -0.15) is 0 Å². The minimum atomic E-state index is -0.156. The maximum Gasteiger partial charge on any atom is 0.253 e. The predicted octanol–water partition coefficient (Wildman–Crippen LogP) is 1.96. The topological polar surface area (TPSA) is 83.6 Å². The Hall–Kier alpha value is -2.28. The fraction of sp³-hybridized carbons (Fsp3) is 0.231. The van der Waals surface area contributed by atoms with Crippen molar-refractivity contribution in [3.05, 3.63) is 39.9 Å². The van der Waals surface area contributed by atoms with Crippen LogP contribution in [-0.2, 0) is 6.54 Å². The van der Waals surface area contributed by atoms with E-state index in [2.05, 4.69) is 25.3 Å². The van der Waals surface area contributed by atoms with Gasteiger partial charge in [-0.25, -0.2) is 15.0 Å². The summed E-state index contributed by atoms with van der Waals surface area (Å²) in [4.78, 5) is 28.7. The van der Waals surface area contributed by atoms with Gasteiger partial charge in [0.25, 0.3) is 5.91 Å². The second kappa shape index (κ2) is 5.01. The zero-order valence-corrected chi connectivity index (χ0v) is 11.9. The number of nitrogens with one attached hydrogen (secondary N) is 2. The number of carbonyl (C=O) groups is 1. The van der Waals surface area contributed by atoms with Crippen LogP contribution >= 0.6 is 11.3 Å². The van der Waals surface area contributed by atoms with Gasteiger partial charge in [0.15, 0.2) is 0 Å². The van der Waals surface area contributed by atoms with Gasteiger partial charge in [0.2, 0.25) is 0 Å². The normalized spacial score (nSPS) is 10.9. The third-order valence-corrected chi connectivity index (χ3v) is 4.15. The molecule has 3 heterocycles. The Labute approximate surface area is 119 Å². The summed E-state index contributed by atoms with van der Waals surface area (Å²) in [6.45, 7) is 4.42. The molecule has 7 heteroatoms. The third-order valence-electron chi connectivity index (χ3n) is 3.07. The number of hydrogen-bond acceptors (Lipinski definition) is 5. The number of thiazole rings is 1. The van der Waals surface area contributed by atoms with E-state index < -0.39 is 0 Å². The van der Waals surface area contributed by atoms with Gasteiger partial charge >= 0.3 is 0 Å². The van der Waals surface area contributed by atoms with Crippen LogP contribution in [0.3, 0.4) is 0 Å². The highest BCUT2D eigenvalue weighted by Crippen LogP contribution is 2.17. The second-order valence-corrected chi connectivity index (χ2v) is 5.71. The SMILES string of the molecule is Cc1nc(CNC(=O)c2c[nH]c3ncncc23)sc1C. The van der Waals surface area contributed by atoms with E-state index in [0.717, 1.165) is 16.1 Å². The van der Waals surface area contributed by atoms with E-state index in [0.29, 0.717) is 17.8 Å². The van der Waals surface area contributed by atoms with E-state index in [1.54, 1.807) is 23.7 Å². The number of rotatable bonds is 3. The maximum atomic E-state index is 12.2. The number of nitrogens with zero attached hydrogens (tertiary/aromatic N) is 3. The number of H-pyrrole nitrogens is 1. The lowest BCUT2D eigenvalue weighted by Gasteiger charge is -2.01. The van der Waals surface area contributed by atoms with Crippen LogP contribution < -0.4 is 5.32 Å². The molecule has 0 aromatic carbocycles. The van der Waals surface area contributed by atoms with Gasteiger partial charge in [-0.1, -0.05) is 0 Å². The van der Waals surface area contributed by atoms with Crippen molar-refractivity contribution in [3.63, 3.8) is 0 Å². The van der Waals surface area contributed by atoms with E-state index in [1.165, 1.54) is 11.2 Å². The van der Waals surface area contributed by atoms with Crippen LogP contribution in [0, 0.1) is 13.8 Å². The van der Waals surface area contributed by atoms with Crippen LogP contribution in [0.5, 0.6) is 0 Å². The quantitative estimate of drug-likeness (QED) is 0.771. The van der Waals surface area contributed by atoms with Gasteiger partial charge in [0, 0.05) is 22.7 Å². The molecule has 20 heavy (non-hydrogen) atoms. The summed E-state index contributed by atoms with van der Waals surface area (Å²) in [6, 6.07) is 0. The summed E-state index contributed by atoms with van der Waals surface area (Å²) < 4.78 is 0. The highest BCUT2D eigenvalue weighted by atomic mass is 32.1. The minimum absolute atomic E-state index is 0.156. The van der Waals surface area contributed by atoms with Crippen molar-refractivity contribution in [3.8, 4) is 0 Å². The van der Waals surface area contributed by atoms with Crippen molar-refractivity contribution in [1.82, 2.24) is 25.3 Å². The molecule has 3 aromatic rings. The summed E-state index contributed by atoms with van der Waals surface area (Å²) in [5, 5.41) is 4.49. The summed E-state index contributed by atoms with van der Waals surface area (Å²) in [5.41, 5.74) is 2.22. The number of aryl methyl sites for hydroxylation is 2. The Kier molecular flexibility index (Phi) is 3.19. The van der Waals surface area contributed by atoms with Crippen LogP contribution in [-0.4, -0.2) is 25.8 Å². The van der Waals surface area contributed by atoms with Crippen molar-refractivity contribution >= 4 is 28.3 Å². The molecule has 0 saturated heterocycles. The molecule has 0 aliphatic rings. The van der Waals surface area contributed by atoms with Gasteiger partial charge in [-0.15, -0.1) is 11.3 Å². The molecule has 0 radical (unpaired) electrons. The molecule has 1 amide bonds. The minimum Gasteiger partial charge on any atom is -0.345 e. The molecule has 102 valence electrons. The van der Waals surface area contributed by atoms with Crippen LogP contribution in [0.1, 0.15) is 25.9 Å². The molecule has 0 bridgehead atoms. The van der Waals surface area contributed by atoms with Gasteiger partial charge in [-0.3, -0.25) is 4.79 Å². The fourth-order valence-electron chi connectivity index (χ4n) is 1.91. The summed E-state index contributed by atoms with van der Waals surface area (Å²) >= 11 is 1.60. The Bertz CT molecular complexity index is 757. The smallest absolute Gasteiger partial charge is 0.253 e. The molecule has 3 rings (SSSR count). The molecule has 0 unspecified atom stereocenters. The average molecular weight is 287 g/mol. The number of fused-ring (bicyclic) bond motifs is 1. The van der Waals surface area contributed by atoms with Gasteiger partial charge < -0.3 is 10.3 Å². The molecule has 0 spiro atoms. The van der Waals surface area contributed by atoms with E-state index in [1.807, 2.05) is 13.8 Å². The first-order valence-corrected chi connectivity index (χ1v) is 6.95. The van der Waals surface area contributed by atoms with Crippen molar-refractivity contribution in [2.24, 2.45) is 0 Å². The lowest BCUT2D eigenvalue weighted by atomic mass is 10.2. The molecule has 0 saturated carbocycles. The predicted molar refractivity (Wildman–Crippen MR) is 76.6 cm³/mol. The number of hydrogen-bond donors (Lipinski definition) is 2. The van der Waals surface area contributed by atoms with E-state index >= 15 is 0 Å². The zero-order chi connectivity index (χ0) is 14.1. The first-order valence-electron chi connectivity index (χ1n) is 6.13. The van der Waals surface area contributed by atoms with E-state index in [9.17, 15) is 4.79 Å². The van der Waals surface area contributed by atoms with Crippen molar-refractivity contribution in [1.29, 1.82) is 0 Å². The van der Waals surface area contributed by atoms with Gasteiger partial charge in [0.05, 0.1) is 17.8 Å². The molecular weight excluding hydrogens is 274 g/mol. The maximum absolute atomic E-state index is 12.2. The third kappa shape index (κ3) is 2.27. The average Bonchev–Trinajstić information content (AvgIpc) is 3.00. The van der Waals surface area contributed by atoms with Crippen LogP contribution in [0.2, 0.25) is 0 Å². The van der Waals surface area contributed by atoms with Crippen molar-refractivity contribution in [2.75, 3.05) is 0 Å². The van der Waals surface area contributed by atoms with Crippen molar-refractivity contribution < 1.29 is 4.79 Å². The lowest BCUT2D eigenvalue weighted by Crippen LogP contribution is -2.22. The lowest BCUT2D eigenvalue weighted by molar-refractivity contribution is 0.0952. The van der Waals surface area contributed by atoms with Crippen LogP contribution in [0.4, 0.5) is 0 Å². The number of carbonyl (C=O) groups excluding carboxylic acids is 1. The number of aromatic amines is 1. The van der Waals surface area contributed by atoms with Crippen LogP contribution in [0.15, 0.2) is 18.7 Å². The highest BCUT2D eigenvalue weighted by molar-refractivity contribution is 7.11. The van der Waals surface area contributed by atoms with E-state index in [-0.39, 0.29) is 5.91 Å². The monoisotopic (exact) mass is 287 g/mol. The zero-order valence-electron chi connectivity index (χ0n) is 11.1. The first kappa shape index (κ1) is 12.7. The molecular formula is C13H13N5OS. The number of amides is 1. The fourth-order valence-corrected chi connectivity index (χ4v) is 2.79. The Balaban J connectivity index is 1.76. The van der Waals surface area contributed by atoms with E-state index in [4.69, 9.17) is 0 Å². The van der Waals surface area contributed by atoms with Crippen LogP contribution in [0.25, 0.3) is 11.0 Å². The van der Waals surface area contributed by atoms with Crippen molar-refractivity contribution in [2.45, 2.75) is 20.4 Å². The molecule has 6 nitrogen and oxygen atoms in total. The summed E-state index contributed by atoms with van der Waals surface area (Å²) in [5.74, 6) is -0.156. The van der Waals surface area contributed by atoms with Gasteiger partial charge in [0.1, 0.15) is 17.0 Å². The molecule has 3 aromatic heterocycles. The highest BCUT2D eigenvalue weighted by Gasteiger charge is 2.13. The molecule has 0 fully saturated rings. The Morgan fingerprint density at radius 2 is 2.30 bits per heavy atom. The molecule has 2 N–H and O–H groups in total.